The Hall–Kier alpha value is -1.20. The fraction of sp³-hybridized carbons (Fsp3) is 0.938. The maximum absolute atomic E-state index is 13.1. The summed E-state index contributed by atoms with van der Waals surface area (Å²) in [6.45, 7) is 3.27. The second kappa shape index (κ2) is 39.0. The van der Waals surface area contributed by atoms with Crippen LogP contribution in [-0.4, -0.2) is 107 Å². The van der Waals surface area contributed by atoms with E-state index in [1.54, 1.807) is 0 Å². The van der Waals surface area contributed by atoms with Gasteiger partial charge in [0.05, 0.1) is 25.4 Å². The van der Waals surface area contributed by atoms with E-state index < -0.39 is 78.5 Å². The first-order valence-electron chi connectivity index (χ1n) is 25.2. The lowest BCUT2D eigenvalue weighted by molar-refractivity contribution is -0.298. The van der Waals surface area contributed by atoms with Crippen LogP contribution in [0, 0.1) is 0 Å². The van der Waals surface area contributed by atoms with Gasteiger partial charge in [-0.3, -0.25) is 9.35 Å². The number of ether oxygens (including phenoxy) is 2. The van der Waals surface area contributed by atoms with Crippen LogP contribution >= 0.6 is 0 Å². The molecule has 0 aromatic rings. The minimum atomic E-state index is -5.11. The van der Waals surface area contributed by atoms with Crippen molar-refractivity contribution in [2.45, 2.75) is 275 Å². The van der Waals surface area contributed by atoms with Gasteiger partial charge in [-0.05, 0) is 38.5 Å². The highest BCUT2D eigenvalue weighted by Gasteiger charge is 2.48. The molecule has 1 amide bonds. The summed E-state index contributed by atoms with van der Waals surface area (Å²) in [5, 5.41) is 55.4. The topological polar surface area (TPSA) is 212 Å². The van der Waals surface area contributed by atoms with E-state index in [0.29, 0.717) is 19.3 Å². The van der Waals surface area contributed by atoms with Crippen molar-refractivity contribution in [2.75, 3.05) is 13.2 Å². The van der Waals surface area contributed by atoms with Crippen LogP contribution in [0.25, 0.3) is 0 Å². The Morgan fingerprint density at radius 1 is 0.629 bits per heavy atom. The number of hydrogen-bond donors (Lipinski definition) is 7. The number of aliphatic hydroxyl groups is 5. The smallest absolute Gasteiger partial charge is 0.394 e. The maximum Gasteiger partial charge on any atom is 0.397 e. The first-order chi connectivity index (χ1) is 29.9. The van der Waals surface area contributed by atoms with Gasteiger partial charge in [0.1, 0.15) is 30.5 Å². The quantitative estimate of drug-likeness (QED) is 0.0173. The van der Waals surface area contributed by atoms with E-state index in [-0.39, 0.29) is 6.42 Å². The van der Waals surface area contributed by atoms with Gasteiger partial charge in [0.25, 0.3) is 0 Å². The molecule has 1 aliphatic heterocycles. The van der Waals surface area contributed by atoms with Crippen LogP contribution < -0.4 is 5.32 Å². The SMILES string of the molecule is CCCCCCCC/C=C\CCCCC(O)C(=O)NC(COC1OC(CO)C(O)C(OS(=O)(=O)O)C1O)C(O)CCCCCCCCCCCCCCCCCCCCCCC. The summed E-state index contributed by atoms with van der Waals surface area (Å²) in [5.74, 6) is -0.684. The van der Waals surface area contributed by atoms with Crippen molar-refractivity contribution in [3.8, 4) is 0 Å². The molecule has 1 heterocycles. The highest BCUT2D eigenvalue weighted by molar-refractivity contribution is 7.80. The number of rotatable bonds is 43. The van der Waals surface area contributed by atoms with E-state index in [4.69, 9.17) is 9.47 Å². The fourth-order valence-corrected chi connectivity index (χ4v) is 8.68. The van der Waals surface area contributed by atoms with E-state index in [2.05, 4.69) is 35.5 Å². The van der Waals surface area contributed by atoms with E-state index in [1.165, 1.54) is 148 Å². The third kappa shape index (κ3) is 30.8. The molecule has 368 valence electrons. The summed E-state index contributed by atoms with van der Waals surface area (Å²) >= 11 is 0. The summed E-state index contributed by atoms with van der Waals surface area (Å²) in [6, 6.07) is -1.04. The summed E-state index contributed by atoms with van der Waals surface area (Å²) in [6.07, 6.45) is 31.2. The Morgan fingerprint density at radius 3 is 1.47 bits per heavy atom. The predicted molar refractivity (Wildman–Crippen MR) is 247 cm³/mol. The van der Waals surface area contributed by atoms with Crippen LogP contribution in [0.2, 0.25) is 0 Å². The standard InChI is InChI=1S/C48H93NO12S/c1-3-5-7-9-11-13-15-17-18-19-20-21-22-23-24-25-27-28-30-32-34-36-41(51)40(39-59-48-45(54)46(61-62(56,57)58)44(53)43(38-50)60-48)49-47(55)42(52)37-35-33-31-29-26-16-14-12-10-8-6-4-2/h26,29,40-46,48,50-54H,3-25,27-28,30-39H2,1-2H3,(H,49,55)(H,56,57,58)/b29-26-. The maximum atomic E-state index is 13.1. The van der Waals surface area contributed by atoms with Gasteiger partial charge in [0.15, 0.2) is 6.29 Å². The van der Waals surface area contributed by atoms with E-state index in [9.17, 15) is 43.3 Å². The van der Waals surface area contributed by atoms with Crippen molar-refractivity contribution in [3.63, 3.8) is 0 Å². The lowest BCUT2D eigenvalue weighted by Crippen LogP contribution is -2.61. The van der Waals surface area contributed by atoms with Gasteiger partial charge in [-0.1, -0.05) is 199 Å². The number of hydrogen-bond acceptors (Lipinski definition) is 11. The lowest BCUT2D eigenvalue weighted by atomic mass is 9.99. The van der Waals surface area contributed by atoms with Crippen molar-refractivity contribution in [1.82, 2.24) is 5.32 Å². The fourth-order valence-electron chi connectivity index (χ4n) is 8.17. The minimum absolute atomic E-state index is 0.231. The Labute approximate surface area is 377 Å². The minimum Gasteiger partial charge on any atom is -0.394 e. The third-order valence-electron chi connectivity index (χ3n) is 12.2. The first-order valence-corrected chi connectivity index (χ1v) is 26.5. The molecule has 0 bridgehead atoms. The zero-order valence-corrected chi connectivity index (χ0v) is 39.9. The number of carbonyl (C=O) groups excluding carboxylic acids is 1. The molecule has 1 saturated heterocycles. The van der Waals surface area contributed by atoms with Crippen LogP contribution in [0.5, 0.6) is 0 Å². The van der Waals surface area contributed by atoms with Crippen molar-refractivity contribution in [1.29, 1.82) is 0 Å². The normalized spacial score (nSPS) is 21.1. The van der Waals surface area contributed by atoms with E-state index in [1.807, 2.05) is 0 Å². The van der Waals surface area contributed by atoms with Gasteiger partial charge in [-0.25, -0.2) is 4.18 Å². The number of allylic oxidation sites excluding steroid dienone is 2. The van der Waals surface area contributed by atoms with Gasteiger partial charge in [-0.2, -0.15) is 8.42 Å². The highest BCUT2D eigenvalue weighted by atomic mass is 32.3. The molecular formula is C48H93NO12S. The summed E-state index contributed by atoms with van der Waals surface area (Å²) in [4.78, 5) is 13.1. The monoisotopic (exact) mass is 908 g/mol. The van der Waals surface area contributed by atoms with Gasteiger partial charge < -0.3 is 40.3 Å². The number of carbonyl (C=O) groups is 1. The van der Waals surface area contributed by atoms with Crippen LogP contribution in [-0.2, 0) is 28.9 Å². The van der Waals surface area contributed by atoms with Crippen molar-refractivity contribution >= 4 is 16.3 Å². The number of amides is 1. The first kappa shape index (κ1) is 58.8. The van der Waals surface area contributed by atoms with Crippen molar-refractivity contribution in [3.05, 3.63) is 12.2 Å². The van der Waals surface area contributed by atoms with Crippen LogP contribution in [0.4, 0.5) is 0 Å². The third-order valence-corrected chi connectivity index (χ3v) is 12.6. The molecule has 13 nitrogen and oxygen atoms in total. The summed E-state index contributed by atoms with van der Waals surface area (Å²) in [7, 11) is -5.11. The molecular weight excluding hydrogens is 815 g/mol. The molecule has 1 fully saturated rings. The molecule has 1 aliphatic rings. The molecule has 0 aromatic heterocycles. The second-order valence-electron chi connectivity index (χ2n) is 17.9. The van der Waals surface area contributed by atoms with Crippen LogP contribution in [0.15, 0.2) is 12.2 Å². The molecule has 62 heavy (non-hydrogen) atoms. The Kier molecular flexibility index (Phi) is 37.0. The van der Waals surface area contributed by atoms with Crippen LogP contribution in [0.1, 0.15) is 226 Å². The molecule has 0 radical (unpaired) electrons. The summed E-state index contributed by atoms with van der Waals surface area (Å²) in [5.41, 5.74) is 0. The Morgan fingerprint density at radius 2 is 1.03 bits per heavy atom. The molecule has 14 heteroatoms. The number of nitrogens with one attached hydrogen (secondary N) is 1. The predicted octanol–water partition coefficient (Wildman–Crippen LogP) is 9.31. The van der Waals surface area contributed by atoms with Gasteiger partial charge in [0.2, 0.25) is 5.91 Å². The molecule has 8 atom stereocenters. The number of unbranched alkanes of at least 4 members (excludes halogenated alkanes) is 28. The van der Waals surface area contributed by atoms with Crippen molar-refractivity contribution in [2.24, 2.45) is 0 Å². The molecule has 8 unspecified atom stereocenters. The largest absolute Gasteiger partial charge is 0.397 e. The van der Waals surface area contributed by atoms with E-state index >= 15 is 0 Å². The average molecular weight is 908 g/mol. The molecule has 1 rings (SSSR count). The average Bonchev–Trinajstić information content (AvgIpc) is 3.24. The Balaban J connectivity index is 2.48. The molecule has 0 aliphatic carbocycles. The second-order valence-corrected chi connectivity index (χ2v) is 18.9. The van der Waals surface area contributed by atoms with Crippen LogP contribution in [0.3, 0.4) is 0 Å². The van der Waals surface area contributed by atoms with Gasteiger partial charge in [0, 0.05) is 0 Å². The van der Waals surface area contributed by atoms with Gasteiger partial charge in [-0.15, -0.1) is 0 Å². The molecule has 0 saturated carbocycles. The number of aliphatic hydroxyl groups excluding tert-OH is 5. The lowest BCUT2D eigenvalue weighted by Gasteiger charge is -2.41. The molecule has 0 spiro atoms. The van der Waals surface area contributed by atoms with Gasteiger partial charge >= 0.3 is 10.4 Å². The Bertz CT molecular complexity index is 1180. The molecule has 0 aromatic carbocycles. The summed E-state index contributed by atoms with van der Waals surface area (Å²) < 4.78 is 47.6. The van der Waals surface area contributed by atoms with Crippen molar-refractivity contribution < 1.29 is 57.0 Å². The van der Waals surface area contributed by atoms with E-state index in [0.717, 1.165) is 38.5 Å². The molecule has 7 N–H and O–H groups in total. The zero-order chi connectivity index (χ0) is 45.7. The highest BCUT2D eigenvalue weighted by Crippen LogP contribution is 2.26. The zero-order valence-electron chi connectivity index (χ0n) is 39.1.